The number of hydrogen-bond acceptors (Lipinski definition) is 3. The Morgan fingerprint density at radius 1 is 1.21 bits per heavy atom. The number of carboxylic acid groups (broad SMARTS) is 1. The lowest BCUT2D eigenvalue weighted by atomic mass is 10.2. The molecule has 2 heterocycles. The lowest BCUT2D eigenvalue weighted by molar-refractivity contribution is 0.0688. The summed E-state index contributed by atoms with van der Waals surface area (Å²) in [5, 5.41) is 9.18. The molecule has 1 aromatic carbocycles. The highest BCUT2D eigenvalue weighted by Crippen LogP contribution is 2.33. The highest BCUT2D eigenvalue weighted by atomic mass is 79.9. The SMILES string of the molecule is O=C(O)c1cc(Br)cn1-c1ccc2c(c1)OCCO2. The highest BCUT2D eigenvalue weighted by molar-refractivity contribution is 9.10. The van der Waals surface area contributed by atoms with Gasteiger partial charge in [-0.2, -0.15) is 0 Å². The minimum absolute atomic E-state index is 0.184. The summed E-state index contributed by atoms with van der Waals surface area (Å²) in [6.45, 7) is 1.03. The fraction of sp³-hybridized carbons (Fsp3) is 0.154. The first kappa shape index (κ1) is 12.1. The number of carbonyl (C=O) groups is 1. The zero-order valence-electron chi connectivity index (χ0n) is 9.80. The summed E-state index contributed by atoms with van der Waals surface area (Å²) in [4.78, 5) is 11.2. The van der Waals surface area contributed by atoms with E-state index in [4.69, 9.17) is 9.47 Å². The molecule has 1 aliphatic rings. The molecule has 1 N–H and O–H groups in total. The van der Waals surface area contributed by atoms with Crippen LogP contribution in [0.25, 0.3) is 5.69 Å². The molecule has 0 atom stereocenters. The van der Waals surface area contributed by atoms with Crippen molar-refractivity contribution in [2.75, 3.05) is 13.2 Å². The smallest absolute Gasteiger partial charge is 0.352 e. The second kappa shape index (κ2) is 4.62. The Labute approximate surface area is 117 Å². The first-order valence-electron chi connectivity index (χ1n) is 5.66. The lowest BCUT2D eigenvalue weighted by Gasteiger charge is -2.19. The van der Waals surface area contributed by atoms with Crippen LogP contribution in [0.3, 0.4) is 0 Å². The zero-order valence-corrected chi connectivity index (χ0v) is 11.4. The number of hydrogen-bond donors (Lipinski definition) is 1. The zero-order chi connectivity index (χ0) is 13.4. The maximum atomic E-state index is 11.2. The van der Waals surface area contributed by atoms with Crippen molar-refractivity contribution >= 4 is 21.9 Å². The van der Waals surface area contributed by atoms with Crippen LogP contribution in [0.15, 0.2) is 34.9 Å². The number of ether oxygens (including phenoxy) is 2. The minimum atomic E-state index is -0.986. The molecule has 0 fully saturated rings. The van der Waals surface area contributed by atoms with E-state index in [9.17, 15) is 9.90 Å². The number of carboxylic acids is 1. The van der Waals surface area contributed by atoms with Crippen LogP contribution in [0, 0.1) is 0 Å². The van der Waals surface area contributed by atoms with Crippen molar-refractivity contribution in [3.8, 4) is 17.2 Å². The summed E-state index contributed by atoms with van der Waals surface area (Å²) in [7, 11) is 0. The number of aromatic carboxylic acids is 1. The Kier molecular flexibility index (Phi) is 2.94. The molecule has 1 aromatic heterocycles. The normalized spacial score (nSPS) is 13.3. The van der Waals surface area contributed by atoms with Crippen molar-refractivity contribution in [3.05, 3.63) is 40.6 Å². The summed E-state index contributed by atoms with van der Waals surface area (Å²) in [5.74, 6) is 0.323. The number of halogens is 1. The molecule has 0 saturated heterocycles. The van der Waals surface area contributed by atoms with Crippen molar-refractivity contribution in [1.29, 1.82) is 0 Å². The van der Waals surface area contributed by atoms with Gasteiger partial charge in [0, 0.05) is 22.4 Å². The second-order valence-corrected chi connectivity index (χ2v) is 4.96. The van der Waals surface area contributed by atoms with Crippen LogP contribution in [0.5, 0.6) is 11.5 Å². The molecule has 0 bridgehead atoms. The third kappa shape index (κ3) is 2.19. The van der Waals surface area contributed by atoms with E-state index in [1.807, 2.05) is 0 Å². The molecule has 19 heavy (non-hydrogen) atoms. The molecular weight excluding hydrogens is 314 g/mol. The summed E-state index contributed by atoms with van der Waals surface area (Å²) >= 11 is 3.28. The molecule has 0 radical (unpaired) electrons. The lowest BCUT2D eigenvalue weighted by Crippen LogP contribution is -2.15. The predicted octanol–water partition coefficient (Wildman–Crippen LogP) is 2.71. The van der Waals surface area contributed by atoms with Gasteiger partial charge in [-0.25, -0.2) is 4.79 Å². The molecule has 2 aromatic rings. The molecular formula is C13H10BrNO4. The number of benzene rings is 1. The van der Waals surface area contributed by atoms with Crippen molar-refractivity contribution in [2.45, 2.75) is 0 Å². The Balaban J connectivity index is 2.09. The molecule has 3 rings (SSSR count). The third-order valence-corrected chi connectivity index (χ3v) is 3.24. The minimum Gasteiger partial charge on any atom is -0.486 e. The molecule has 0 saturated carbocycles. The molecule has 0 amide bonds. The van der Waals surface area contributed by atoms with Gasteiger partial charge in [0.05, 0.1) is 0 Å². The fourth-order valence-electron chi connectivity index (χ4n) is 1.99. The average molecular weight is 324 g/mol. The quantitative estimate of drug-likeness (QED) is 0.923. The van der Waals surface area contributed by atoms with Gasteiger partial charge in [-0.15, -0.1) is 0 Å². The molecule has 98 valence electrons. The molecule has 0 aliphatic carbocycles. The van der Waals surface area contributed by atoms with Crippen molar-refractivity contribution in [3.63, 3.8) is 0 Å². The summed E-state index contributed by atoms with van der Waals surface area (Å²) in [6, 6.07) is 6.91. The van der Waals surface area contributed by atoms with Gasteiger partial charge in [-0.05, 0) is 34.1 Å². The molecule has 0 unspecified atom stereocenters. The number of fused-ring (bicyclic) bond motifs is 1. The fourth-order valence-corrected chi connectivity index (χ4v) is 2.41. The van der Waals surface area contributed by atoms with Gasteiger partial charge < -0.3 is 19.1 Å². The Morgan fingerprint density at radius 3 is 2.68 bits per heavy atom. The van der Waals surface area contributed by atoms with Gasteiger partial charge in [-0.1, -0.05) is 0 Å². The van der Waals surface area contributed by atoms with E-state index in [1.54, 1.807) is 35.0 Å². The van der Waals surface area contributed by atoms with E-state index in [0.29, 0.717) is 34.9 Å². The average Bonchev–Trinajstić information content (AvgIpc) is 2.80. The molecule has 5 nitrogen and oxygen atoms in total. The summed E-state index contributed by atoms with van der Waals surface area (Å²) in [6.07, 6.45) is 1.70. The second-order valence-electron chi connectivity index (χ2n) is 4.05. The van der Waals surface area contributed by atoms with Gasteiger partial charge in [0.2, 0.25) is 0 Å². The summed E-state index contributed by atoms with van der Waals surface area (Å²) < 4.78 is 13.2. The Bertz CT molecular complexity index is 650. The Hall–Kier alpha value is -1.95. The third-order valence-electron chi connectivity index (χ3n) is 2.81. The van der Waals surface area contributed by atoms with Gasteiger partial charge in [0.1, 0.15) is 18.9 Å². The van der Waals surface area contributed by atoms with E-state index < -0.39 is 5.97 Å². The van der Waals surface area contributed by atoms with Gasteiger partial charge in [0.25, 0.3) is 0 Å². The van der Waals surface area contributed by atoms with E-state index in [0.717, 1.165) is 0 Å². The van der Waals surface area contributed by atoms with Gasteiger partial charge >= 0.3 is 5.97 Å². The van der Waals surface area contributed by atoms with Gasteiger partial charge in [-0.3, -0.25) is 0 Å². The topological polar surface area (TPSA) is 60.7 Å². The number of rotatable bonds is 2. The van der Waals surface area contributed by atoms with E-state index >= 15 is 0 Å². The monoisotopic (exact) mass is 323 g/mol. The number of aromatic nitrogens is 1. The van der Waals surface area contributed by atoms with Crippen LogP contribution < -0.4 is 9.47 Å². The van der Waals surface area contributed by atoms with Crippen LogP contribution >= 0.6 is 15.9 Å². The predicted molar refractivity (Wildman–Crippen MR) is 71.4 cm³/mol. The standard InChI is InChI=1S/C13H10BrNO4/c14-8-5-10(13(16)17)15(7-8)9-1-2-11-12(6-9)19-4-3-18-11/h1-2,5-7H,3-4H2,(H,16,17). The maximum Gasteiger partial charge on any atom is 0.352 e. The maximum absolute atomic E-state index is 11.2. The first-order valence-corrected chi connectivity index (χ1v) is 6.45. The first-order chi connectivity index (χ1) is 9.15. The van der Waals surface area contributed by atoms with E-state index in [1.165, 1.54) is 0 Å². The molecule has 1 aliphatic heterocycles. The van der Waals surface area contributed by atoms with Crippen LogP contribution in [0.4, 0.5) is 0 Å². The van der Waals surface area contributed by atoms with Crippen LogP contribution in [0.1, 0.15) is 10.5 Å². The van der Waals surface area contributed by atoms with Crippen molar-refractivity contribution in [2.24, 2.45) is 0 Å². The summed E-state index contributed by atoms with van der Waals surface area (Å²) in [5.41, 5.74) is 0.899. The van der Waals surface area contributed by atoms with Gasteiger partial charge in [0.15, 0.2) is 11.5 Å². The number of nitrogens with zero attached hydrogens (tertiary/aromatic N) is 1. The van der Waals surface area contributed by atoms with Crippen LogP contribution in [-0.2, 0) is 0 Å². The highest BCUT2D eigenvalue weighted by Gasteiger charge is 2.16. The largest absolute Gasteiger partial charge is 0.486 e. The van der Waals surface area contributed by atoms with Crippen LogP contribution in [0.2, 0.25) is 0 Å². The molecule has 6 heteroatoms. The van der Waals surface area contributed by atoms with Crippen molar-refractivity contribution in [1.82, 2.24) is 4.57 Å². The molecule has 0 spiro atoms. The Morgan fingerprint density at radius 2 is 1.95 bits per heavy atom. The van der Waals surface area contributed by atoms with Crippen LogP contribution in [-0.4, -0.2) is 28.9 Å². The van der Waals surface area contributed by atoms with Crippen molar-refractivity contribution < 1.29 is 19.4 Å². The van der Waals surface area contributed by atoms with E-state index in [2.05, 4.69) is 15.9 Å². The van der Waals surface area contributed by atoms with E-state index in [-0.39, 0.29) is 5.69 Å².